The van der Waals surface area contributed by atoms with E-state index in [0.29, 0.717) is 17.5 Å². The maximum absolute atomic E-state index is 6.96. The molecule has 0 aliphatic rings. The van der Waals surface area contributed by atoms with Crippen LogP contribution >= 0.6 is 0 Å². The maximum atomic E-state index is 6.96. The largest absolute Gasteiger partial charge is 0.456 e. The van der Waals surface area contributed by atoms with E-state index < -0.39 is 0 Å². The Morgan fingerprint density at radius 3 is 1.70 bits per heavy atom. The van der Waals surface area contributed by atoms with E-state index in [2.05, 4.69) is 115 Å². The standard InChI is InChI=1S/C51H29N3O2/c1-2-15-32(16-3-1)49-52-50(54-51(53-49)39-22-12-24-42-45(39)38-21-10-11-23-41(38)55-42)37-20-9-8-19-36(37)40-29-33-26-25-30-13-4-6-17-34(30)44(33)48-47(40)46-35-18-7-5-14-31(35)27-28-43(46)56-48/h1-29H. The maximum Gasteiger partial charge on any atom is 0.164 e. The first kappa shape index (κ1) is 30.8. The molecule has 0 aliphatic carbocycles. The summed E-state index contributed by atoms with van der Waals surface area (Å²) >= 11 is 0. The minimum atomic E-state index is 0.579. The highest BCUT2D eigenvalue weighted by Crippen LogP contribution is 2.47. The molecule has 0 N–H and O–H groups in total. The minimum absolute atomic E-state index is 0.579. The number of aromatic nitrogens is 3. The van der Waals surface area contributed by atoms with Crippen LogP contribution in [0.5, 0.6) is 0 Å². The fraction of sp³-hybridized carbons (Fsp3) is 0. The second kappa shape index (κ2) is 11.9. The number of hydrogen-bond donors (Lipinski definition) is 0. The van der Waals surface area contributed by atoms with E-state index in [4.69, 9.17) is 23.8 Å². The summed E-state index contributed by atoms with van der Waals surface area (Å²) in [6, 6.07) is 60.8. The van der Waals surface area contributed by atoms with Crippen LogP contribution in [-0.2, 0) is 0 Å². The Morgan fingerprint density at radius 1 is 0.304 bits per heavy atom. The van der Waals surface area contributed by atoms with E-state index in [1.54, 1.807) is 0 Å². The average molecular weight is 716 g/mol. The summed E-state index contributed by atoms with van der Waals surface area (Å²) in [7, 11) is 0. The van der Waals surface area contributed by atoms with Crippen LogP contribution in [0, 0.1) is 0 Å². The van der Waals surface area contributed by atoms with Crippen molar-refractivity contribution in [3.05, 3.63) is 176 Å². The van der Waals surface area contributed by atoms with Gasteiger partial charge in [0.1, 0.15) is 22.3 Å². The van der Waals surface area contributed by atoms with Crippen LogP contribution in [0.15, 0.2) is 185 Å². The predicted molar refractivity (Wildman–Crippen MR) is 229 cm³/mol. The lowest BCUT2D eigenvalue weighted by molar-refractivity contribution is 0.669. The SMILES string of the molecule is c1ccc(-c2nc(-c3ccccc3-c3cc4ccc5ccccc5c4c4oc5ccc6ccccc6c5c34)nc(-c3cccc4oc5ccccc5c34)n2)cc1. The zero-order valence-corrected chi connectivity index (χ0v) is 29.9. The highest BCUT2D eigenvalue weighted by Gasteiger charge is 2.23. The summed E-state index contributed by atoms with van der Waals surface area (Å²) in [6.07, 6.45) is 0. The van der Waals surface area contributed by atoms with Crippen LogP contribution in [0.3, 0.4) is 0 Å². The molecule has 3 heterocycles. The van der Waals surface area contributed by atoms with E-state index in [0.717, 1.165) is 98.6 Å². The first-order valence-corrected chi connectivity index (χ1v) is 18.8. The fourth-order valence-corrected chi connectivity index (χ4v) is 8.61. The van der Waals surface area contributed by atoms with E-state index >= 15 is 0 Å². The number of furan rings is 2. The third-order valence-electron chi connectivity index (χ3n) is 11.1. The molecule has 0 aliphatic heterocycles. The van der Waals surface area contributed by atoms with Crippen LogP contribution in [-0.4, -0.2) is 15.0 Å². The molecule has 0 saturated carbocycles. The molecule has 0 saturated heterocycles. The second-order valence-electron chi connectivity index (χ2n) is 14.3. The molecule has 3 aromatic heterocycles. The molecule has 0 unspecified atom stereocenters. The van der Waals surface area contributed by atoms with Gasteiger partial charge in [0.25, 0.3) is 0 Å². The predicted octanol–water partition coefficient (Wildman–Crippen LogP) is 13.8. The number of para-hydroxylation sites is 1. The Balaban J connectivity index is 1.19. The number of fused-ring (bicyclic) bond motifs is 12. The van der Waals surface area contributed by atoms with Gasteiger partial charge in [-0.15, -0.1) is 0 Å². The summed E-state index contributed by atoms with van der Waals surface area (Å²) < 4.78 is 13.3. The molecule has 260 valence electrons. The molecule has 5 heteroatoms. The van der Waals surface area contributed by atoms with Gasteiger partial charge in [-0.3, -0.25) is 0 Å². The van der Waals surface area contributed by atoms with Gasteiger partial charge in [-0.1, -0.05) is 152 Å². The van der Waals surface area contributed by atoms with Crippen molar-refractivity contribution in [3.8, 4) is 45.3 Å². The molecule has 0 fully saturated rings. The fourth-order valence-electron chi connectivity index (χ4n) is 8.61. The zero-order chi connectivity index (χ0) is 36.7. The van der Waals surface area contributed by atoms with Gasteiger partial charge in [0.15, 0.2) is 17.5 Å². The minimum Gasteiger partial charge on any atom is -0.456 e. The van der Waals surface area contributed by atoms with Crippen molar-refractivity contribution in [2.75, 3.05) is 0 Å². The first-order valence-electron chi connectivity index (χ1n) is 18.8. The van der Waals surface area contributed by atoms with Crippen LogP contribution in [0.25, 0.3) is 121 Å². The van der Waals surface area contributed by atoms with E-state index in [9.17, 15) is 0 Å². The zero-order valence-electron chi connectivity index (χ0n) is 29.9. The highest BCUT2D eigenvalue weighted by molar-refractivity contribution is 6.31. The lowest BCUT2D eigenvalue weighted by atomic mass is 9.90. The molecule has 0 bridgehead atoms. The number of hydrogen-bond acceptors (Lipinski definition) is 5. The molecule has 0 amide bonds. The van der Waals surface area contributed by atoms with Crippen molar-refractivity contribution < 1.29 is 8.83 Å². The molecule has 12 rings (SSSR count). The third kappa shape index (κ3) is 4.58. The lowest BCUT2D eigenvalue weighted by Crippen LogP contribution is -2.01. The van der Waals surface area contributed by atoms with Gasteiger partial charge in [-0.25, -0.2) is 15.0 Å². The van der Waals surface area contributed by atoms with Gasteiger partial charge in [0.05, 0.1) is 0 Å². The Hall–Kier alpha value is -7.63. The highest BCUT2D eigenvalue weighted by atomic mass is 16.3. The Bertz CT molecular complexity index is 3550. The second-order valence-corrected chi connectivity index (χ2v) is 14.3. The number of rotatable bonds is 4. The van der Waals surface area contributed by atoms with Gasteiger partial charge >= 0.3 is 0 Å². The van der Waals surface area contributed by atoms with Crippen LogP contribution in [0.1, 0.15) is 0 Å². The van der Waals surface area contributed by atoms with Gasteiger partial charge in [-0.2, -0.15) is 0 Å². The molecule has 12 aromatic rings. The summed E-state index contributed by atoms with van der Waals surface area (Å²) in [5.41, 5.74) is 8.09. The molecule has 0 atom stereocenters. The van der Waals surface area contributed by atoms with Crippen molar-refractivity contribution in [3.63, 3.8) is 0 Å². The van der Waals surface area contributed by atoms with Gasteiger partial charge in [0.2, 0.25) is 0 Å². The topological polar surface area (TPSA) is 65.0 Å². The first-order chi connectivity index (χ1) is 27.8. The smallest absolute Gasteiger partial charge is 0.164 e. The average Bonchev–Trinajstić information content (AvgIpc) is 3.86. The third-order valence-corrected chi connectivity index (χ3v) is 11.1. The molecule has 5 nitrogen and oxygen atoms in total. The van der Waals surface area contributed by atoms with E-state index in [1.165, 1.54) is 5.39 Å². The van der Waals surface area contributed by atoms with Crippen LogP contribution < -0.4 is 0 Å². The van der Waals surface area contributed by atoms with Crippen molar-refractivity contribution in [2.45, 2.75) is 0 Å². The molecular weight excluding hydrogens is 687 g/mol. The normalized spacial score (nSPS) is 11.9. The molecule has 0 radical (unpaired) electrons. The summed E-state index contributed by atoms with van der Waals surface area (Å²) in [6.45, 7) is 0. The van der Waals surface area contributed by atoms with Crippen LogP contribution in [0.2, 0.25) is 0 Å². The molecular formula is C51H29N3O2. The lowest BCUT2D eigenvalue weighted by Gasteiger charge is -2.15. The number of nitrogens with zero attached hydrogens (tertiary/aromatic N) is 3. The van der Waals surface area contributed by atoms with Crippen molar-refractivity contribution >= 4 is 76.2 Å². The van der Waals surface area contributed by atoms with Gasteiger partial charge in [-0.05, 0) is 62.3 Å². The van der Waals surface area contributed by atoms with Crippen LogP contribution in [0.4, 0.5) is 0 Å². The van der Waals surface area contributed by atoms with Gasteiger partial charge < -0.3 is 8.83 Å². The monoisotopic (exact) mass is 715 g/mol. The molecule has 9 aromatic carbocycles. The quantitative estimate of drug-likeness (QED) is 0.170. The van der Waals surface area contributed by atoms with Crippen molar-refractivity contribution in [1.29, 1.82) is 0 Å². The number of benzene rings is 9. The molecule has 56 heavy (non-hydrogen) atoms. The van der Waals surface area contributed by atoms with Crippen molar-refractivity contribution in [2.24, 2.45) is 0 Å². The van der Waals surface area contributed by atoms with E-state index in [-0.39, 0.29) is 0 Å². The Morgan fingerprint density at radius 2 is 0.875 bits per heavy atom. The Labute approximate surface area is 320 Å². The summed E-state index contributed by atoms with van der Waals surface area (Å²) in [4.78, 5) is 15.7. The van der Waals surface area contributed by atoms with Gasteiger partial charge in [0, 0.05) is 43.6 Å². The van der Waals surface area contributed by atoms with E-state index in [1.807, 2.05) is 60.7 Å². The Kier molecular flexibility index (Phi) is 6.56. The summed E-state index contributed by atoms with van der Waals surface area (Å²) in [5.74, 6) is 1.76. The summed E-state index contributed by atoms with van der Waals surface area (Å²) in [5, 5.41) is 11.0. The van der Waals surface area contributed by atoms with Crippen molar-refractivity contribution in [1.82, 2.24) is 15.0 Å². The molecule has 0 spiro atoms.